The Labute approximate surface area is 155 Å². The molecule has 1 atom stereocenters. The maximum atomic E-state index is 12.9. The summed E-state index contributed by atoms with van der Waals surface area (Å²) in [4.78, 5) is 19.5. The number of carbonyl (C=O) groups is 1. The van der Waals surface area contributed by atoms with Gasteiger partial charge < -0.3 is 20.1 Å². The Morgan fingerprint density at radius 1 is 1.42 bits per heavy atom. The van der Waals surface area contributed by atoms with Gasteiger partial charge in [0, 0.05) is 24.2 Å². The van der Waals surface area contributed by atoms with E-state index in [1.165, 1.54) is 12.8 Å². The molecule has 1 aliphatic carbocycles. The topological polar surface area (TPSA) is 74.7 Å². The number of pyridine rings is 1. The van der Waals surface area contributed by atoms with Crippen molar-refractivity contribution in [3.8, 4) is 5.88 Å². The minimum atomic E-state index is -0.718. The number of methoxy groups -OCH3 is 1. The summed E-state index contributed by atoms with van der Waals surface area (Å²) in [5.74, 6) is 0.681. The maximum Gasteiger partial charge on any atom is 0.256 e. The number of rotatable bonds is 7. The summed E-state index contributed by atoms with van der Waals surface area (Å²) >= 11 is 0. The number of nitrogens with one attached hydrogen (secondary N) is 1. The second-order valence-electron chi connectivity index (χ2n) is 8.32. The lowest BCUT2D eigenvalue weighted by molar-refractivity contribution is 0.0610. The van der Waals surface area contributed by atoms with Crippen LogP contribution in [0.15, 0.2) is 6.07 Å². The zero-order valence-electron chi connectivity index (χ0n) is 16.3. The van der Waals surface area contributed by atoms with E-state index in [1.54, 1.807) is 21.0 Å². The number of hydrogen-bond donors (Lipinski definition) is 2. The van der Waals surface area contributed by atoms with Gasteiger partial charge in [0.05, 0.1) is 30.5 Å². The van der Waals surface area contributed by atoms with Gasteiger partial charge in [-0.3, -0.25) is 4.79 Å². The van der Waals surface area contributed by atoms with E-state index in [0.717, 1.165) is 24.1 Å². The summed E-state index contributed by atoms with van der Waals surface area (Å²) in [6.07, 6.45) is 5.24. The monoisotopic (exact) mass is 361 g/mol. The van der Waals surface area contributed by atoms with Gasteiger partial charge in [-0.05, 0) is 46.1 Å². The van der Waals surface area contributed by atoms with Crippen LogP contribution >= 0.6 is 0 Å². The molecule has 1 amide bonds. The quantitative estimate of drug-likeness (QED) is 0.781. The first kappa shape index (κ1) is 19.1. The first-order valence-electron chi connectivity index (χ1n) is 9.62. The van der Waals surface area contributed by atoms with E-state index in [2.05, 4.69) is 10.3 Å². The Balaban J connectivity index is 1.74. The van der Waals surface area contributed by atoms with Crippen molar-refractivity contribution in [1.82, 2.24) is 15.2 Å². The molecule has 0 bridgehead atoms. The van der Waals surface area contributed by atoms with Gasteiger partial charge in [0.2, 0.25) is 5.88 Å². The molecular weight excluding hydrogens is 330 g/mol. The van der Waals surface area contributed by atoms with Crippen LogP contribution in [0.3, 0.4) is 0 Å². The van der Waals surface area contributed by atoms with Crippen molar-refractivity contribution in [1.29, 1.82) is 0 Å². The molecule has 1 aliphatic heterocycles. The lowest BCUT2D eigenvalue weighted by Gasteiger charge is -2.23. The number of ether oxygens (including phenoxy) is 1. The third kappa shape index (κ3) is 4.18. The highest BCUT2D eigenvalue weighted by atomic mass is 16.5. The van der Waals surface area contributed by atoms with Crippen LogP contribution in [0, 0.1) is 0 Å². The summed E-state index contributed by atoms with van der Waals surface area (Å²) in [6.45, 7) is 6.80. The van der Waals surface area contributed by atoms with Crippen LogP contribution in [0.2, 0.25) is 0 Å². The fourth-order valence-electron chi connectivity index (χ4n) is 4.19. The van der Waals surface area contributed by atoms with E-state index in [9.17, 15) is 9.90 Å². The summed E-state index contributed by atoms with van der Waals surface area (Å²) < 4.78 is 5.47. The molecule has 1 aromatic heterocycles. The molecule has 1 saturated carbocycles. The highest BCUT2D eigenvalue weighted by molar-refractivity contribution is 5.98. The Morgan fingerprint density at radius 2 is 2.12 bits per heavy atom. The fraction of sp³-hybridized carbons (Fsp3) is 0.700. The molecule has 0 spiro atoms. The standard InChI is InChI=1S/C20H31N3O3/c1-13(10-20(2,3)25)21-11-14-9-16-17(22-18(14)26-4)12-23(19(16)24)15-7-5-6-8-15/h9,13,15,21,25H,5-8,10-12H2,1-4H3/t13-/m1/s1. The van der Waals surface area contributed by atoms with Crippen molar-refractivity contribution in [2.75, 3.05) is 7.11 Å². The van der Waals surface area contributed by atoms with E-state index < -0.39 is 5.60 Å². The van der Waals surface area contributed by atoms with E-state index in [-0.39, 0.29) is 11.9 Å². The van der Waals surface area contributed by atoms with Crippen molar-refractivity contribution in [3.05, 3.63) is 22.9 Å². The van der Waals surface area contributed by atoms with E-state index in [4.69, 9.17) is 4.74 Å². The number of fused-ring (bicyclic) bond motifs is 1. The average molecular weight is 361 g/mol. The van der Waals surface area contributed by atoms with Gasteiger partial charge >= 0.3 is 0 Å². The zero-order valence-corrected chi connectivity index (χ0v) is 16.3. The highest BCUT2D eigenvalue weighted by Crippen LogP contribution is 2.33. The van der Waals surface area contributed by atoms with Crippen LogP contribution < -0.4 is 10.1 Å². The second kappa shape index (κ2) is 7.53. The van der Waals surface area contributed by atoms with Gasteiger partial charge in [0.25, 0.3) is 5.91 Å². The number of carbonyl (C=O) groups excluding carboxylic acids is 1. The maximum absolute atomic E-state index is 12.9. The highest BCUT2D eigenvalue weighted by Gasteiger charge is 2.35. The summed E-state index contributed by atoms with van der Waals surface area (Å²) in [6, 6.07) is 2.43. The third-order valence-electron chi connectivity index (χ3n) is 5.36. The fourth-order valence-corrected chi connectivity index (χ4v) is 4.19. The van der Waals surface area contributed by atoms with Gasteiger partial charge in [-0.15, -0.1) is 0 Å². The van der Waals surface area contributed by atoms with Crippen molar-refractivity contribution in [2.45, 2.75) is 83.6 Å². The SMILES string of the molecule is COc1nc2c(cc1CN[C@H](C)CC(C)(C)O)C(=O)N(C1CCCC1)C2. The predicted octanol–water partition coefficient (Wildman–Crippen LogP) is 2.63. The molecule has 6 heteroatoms. The molecular formula is C20H31N3O3. The van der Waals surface area contributed by atoms with Crippen LogP contribution in [0.4, 0.5) is 0 Å². The Bertz CT molecular complexity index is 663. The van der Waals surface area contributed by atoms with Crippen LogP contribution in [0.25, 0.3) is 0 Å². The van der Waals surface area contributed by atoms with Crippen LogP contribution in [-0.4, -0.2) is 45.7 Å². The summed E-state index contributed by atoms with van der Waals surface area (Å²) in [5, 5.41) is 13.4. The zero-order chi connectivity index (χ0) is 18.9. The van der Waals surface area contributed by atoms with Crippen LogP contribution in [-0.2, 0) is 13.1 Å². The molecule has 0 aromatic carbocycles. The van der Waals surface area contributed by atoms with Gasteiger partial charge in [-0.2, -0.15) is 0 Å². The molecule has 2 aliphatic rings. The molecule has 6 nitrogen and oxygen atoms in total. The molecule has 1 fully saturated rings. The van der Waals surface area contributed by atoms with Crippen molar-refractivity contribution in [3.63, 3.8) is 0 Å². The average Bonchev–Trinajstić information content (AvgIpc) is 3.19. The molecule has 0 radical (unpaired) electrons. The molecule has 144 valence electrons. The smallest absolute Gasteiger partial charge is 0.256 e. The number of hydrogen-bond acceptors (Lipinski definition) is 5. The third-order valence-corrected chi connectivity index (χ3v) is 5.36. The minimum Gasteiger partial charge on any atom is -0.481 e. The molecule has 0 unspecified atom stereocenters. The minimum absolute atomic E-state index is 0.104. The normalized spacial score (nSPS) is 19.1. The van der Waals surface area contributed by atoms with Crippen LogP contribution in [0.5, 0.6) is 5.88 Å². The molecule has 0 saturated heterocycles. The molecule has 3 rings (SSSR count). The first-order valence-corrected chi connectivity index (χ1v) is 9.62. The van der Waals surface area contributed by atoms with E-state index >= 15 is 0 Å². The molecule has 1 aromatic rings. The Morgan fingerprint density at radius 3 is 2.73 bits per heavy atom. The summed E-state index contributed by atoms with van der Waals surface area (Å²) in [7, 11) is 1.62. The largest absolute Gasteiger partial charge is 0.481 e. The van der Waals surface area contributed by atoms with Crippen LogP contribution in [0.1, 0.15) is 74.5 Å². The lowest BCUT2D eigenvalue weighted by atomic mass is 10.00. The molecule has 2 N–H and O–H groups in total. The molecule has 2 heterocycles. The van der Waals surface area contributed by atoms with Gasteiger partial charge in [0.15, 0.2) is 0 Å². The Hall–Kier alpha value is -1.66. The number of aromatic nitrogens is 1. The summed E-state index contributed by atoms with van der Waals surface area (Å²) in [5.41, 5.74) is 1.71. The second-order valence-corrected chi connectivity index (χ2v) is 8.32. The van der Waals surface area contributed by atoms with E-state index in [1.807, 2.05) is 17.9 Å². The number of aliphatic hydroxyl groups is 1. The van der Waals surface area contributed by atoms with Crippen molar-refractivity contribution < 1.29 is 14.6 Å². The lowest BCUT2D eigenvalue weighted by Crippen LogP contribution is -2.34. The van der Waals surface area contributed by atoms with Gasteiger partial charge in [0.1, 0.15) is 0 Å². The molecule has 26 heavy (non-hydrogen) atoms. The predicted molar refractivity (Wildman–Crippen MR) is 100 cm³/mol. The van der Waals surface area contributed by atoms with Gasteiger partial charge in [-0.1, -0.05) is 12.8 Å². The van der Waals surface area contributed by atoms with E-state index in [0.29, 0.717) is 37.0 Å². The number of nitrogens with zero attached hydrogens (tertiary/aromatic N) is 2. The first-order chi connectivity index (χ1) is 12.3. The number of amides is 1. The Kier molecular flexibility index (Phi) is 5.53. The van der Waals surface area contributed by atoms with Crippen molar-refractivity contribution in [2.24, 2.45) is 0 Å². The van der Waals surface area contributed by atoms with Gasteiger partial charge in [-0.25, -0.2) is 4.98 Å². The van der Waals surface area contributed by atoms with Crippen molar-refractivity contribution >= 4 is 5.91 Å².